The molecule has 1 aromatic carbocycles. The lowest BCUT2D eigenvalue weighted by Gasteiger charge is -2.38. The number of likely N-dealkylation sites (N-methyl/N-ethyl adjacent to an activating group) is 1. The molecule has 3 nitrogen and oxygen atoms in total. The normalized spacial score (nSPS) is 21.1. The summed E-state index contributed by atoms with van der Waals surface area (Å²) in [6, 6.07) is 6.86. The van der Waals surface area contributed by atoms with Gasteiger partial charge in [0.05, 0.1) is 0 Å². The maximum atomic E-state index is 6.08. The fourth-order valence-corrected chi connectivity index (χ4v) is 2.62. The molecule has 1 aliphatic rings. The third-order valence-corrected chi connectivity index (χ3v) is 3.57. The quantitative estimate of drug-likeness (QED) is 0.903. The summed E-state index contributed by atoms with van der Waals surface area (Å²) in [5.74, 6) is 1.03. The summed E-state index contributed by atoms with van der Waals surface area (Å²) < 4.78 is 6.08. The number of nitrogens with zero attached hydrogens (tertiary/aromatic N) is 1. The minimum absolute atomic E-state index is 0.0992. The highest BCUT2D eigenvalue weighted by Gasteiger charge is 2.33. The zero-order valence-electron chi connectivity index (χ0n) is 12.8. The van der Waals surface area contributed by atoms with Crippen molar-refractivity contribution in [3.63, 3.8) is 0 Å². The van der Waals surface area contributed by atoms with Crippen molar-refractivity contribution in [2.45, 2.75) is 38.8 Å². The maximum Gasteiger partial charge on any atom is 0.124 e. The van der Waals surface area contributed by atoms with Crippen LogP contribution in [-0.2, 0) is 0 Å². The Kier molecular flexibility index (Phi) is 4.16. The van der Waals surface area contributed by atoms with E-state index in [2.05, 4.69) is 63.3 Å². The van der Waals surface area contributed by atoms with Gasteiger partial charge in [0.15, 0.2) is 0 Å². The first-order valence-corrected chi connectivity index (χ1v) is 7.05. The number of rotatable bonds is 4. The van der Waals surface area contributed by atoms with Gasteiger partial charge >= 0.3 is 0 Å². The highest BCUT2D eigenvalue weighted by molar-refractivity contribution is 5.41. The van der Waals surface area contributed by atoms with Gasteiger partial charge in [-0.05, 0) is 40.9 Å². The Balaban J connectivity index is 2.16. The minimum Gasteiger partial charge on any atom is -0.487 e. The standard InChI is InChI=1S/C16H26N2O/c1-12-6-7-15-13(10-12)14(11-16(2,3)19-15)17-8-9-18(4)5/h6-7,10,14,17H,8-9,11H2,1-5H3. The molecule has 1 atom stereocenters. The summed E-state index contributed by atoms with van der Waals surface area (Å²) in [5, 5.41) is 3.67. The Morgan fingerprint density at radius 1 is 1.37 bits per heavy atom. The third-order valence-electron chi connectivity index (χ3n) is 3.57. The second-order valence-corrected chi connectivity index (χ2v) is 6.42. The summed E-state index contributed by atoms with van der Waals surface area (Å²) >= 11 is 0. The van der Waals surface area contributed by atoms with E-state index in [4.69, 9.17) is 4.74 Å². The van der Waals surface area contributed by atoms with E-state index in [0.717, 1.165) is 25.3 Å². The molecular formula is C16H26N2O. The van der Waals surface area contributed by atoms with E-state index in [1.165, 1.54) is 11.1 Å². The fourth-order valence-electron chi connectivity index (χ4n) is 2.62. The SMILES string of the molecule is Cc1ccc2c(c1)C(NCCN(C)C)CC(C)(C)O2. The van der Waals surface area contributed by atoms with Crippen LogP contribution in [0.1, 0.15) is 37.4 Å². The van der Waals surface area contributed by atoms with Gasteiger partial charge in [-0.3, -0.25) is 0 Å². The molecule has 0 aromatic heterocycles. The average Bonchev–Trinajstić information content (AvgIpc) is 2.28. The van der Waals surface area contributed by atoms with Crippen LogP contribution < -0.4 is 10.1 Å². The lowest BCUT2D eigenvalue weighted by Crippen LogP contribution is -2.41. The molecule has 3 heteroatoms. The molecule has 0 amide bonds. The van der Waals surface area contributed by atoms with Crippen LogP contribution in [0.25, 0.3) is 0 Å². The van der Waals surface area contributed by atoms with Gasteiger partial charge in [0.1, 0.15) is 11.4 Å². The number of benzene rings is 1. The molecule has 1 N–H and O–H groups in total. The van der Waals surface area contributed by atoms with E-state index in [-0.39, 0.29) is 5.60 Å². The summed E-state index contributed by atoms with van der Waals surface area (Å²) in [6.45, 7) is 8.52. The van der Waals surface area contributed by atoms with E-state index >= 15 is 0 Å². The summed E-state index contributed by atoms with van der Waals surface area (Å²) in [5.41, 5.74) is 2.50. The van der Waals surface area contributed by atoms with Crippen LogP contribution >= 0.6 is 0 Å². The maximum absolute atomic E-state index is 6.08. The van der Waals surface area contributed by atoms with Crippen molar-refractivity contribution in [3.8, 4) is 5.75 Å². The van der Waals surface area contributed by atoms with E-state index in [0.29, 0.717) is 6.04 Å². The number of fused-ring (bicyclic) bond motifs is 1. The topological polar surface area (TPSA) is 24.5 Å². The van der Waals surface area contributed by atoms with E-state index in [1.807, 2.05) is 0 Å². The van der Waals surface area contributed by atoms with Crippen LogP contribution in [-0.4, -0.2) is 37.7 Å². The molecule has 0 saturated carbocycles. The van der Waals surface area contributed by atoms with Crippen LogP contribution in [0.5, 0.6) is 5.75 Å². The average molecular weight is 262 g/mol. The molecule has 2 rings (SSSR count). The van der Waals surface area contributed by atoms with Gasteiger partial charge < -0.3 is 15.0 Å². The van der Waals surface area contributed by atoms with Gasteiger partial charge in [-0.2, -0.15) is 0 Å². The van der Waals surface area contributed by atoms with Crippen molar-refractivity contribution >= 4 is 0 Å². The van der Waals surface area contributed by atoms with Gasteiger partial charge in [0, 0.05) is 31.1 Å². The van der Waals surface area contributed by atoms with Crippen LogP contribution in [0.15, 0.2) is 18.2 Å². The van der Waals surface area contributed by atoms with Crippen LogP contribution in [0.3, 0.4) is 0 Å². The fraction of sp³-hybridized carbons (Fsp3) is 0.625. The monoisotopic (exact) mass is 262 g/mol. The molecule has 1 unspecified atom stereocenters. The van der Waals surface area contributed by atoms with Gasteiger partial charge in [0.2, 0.25) is 0 Å². The zero-order chi connectivity index (χ0) is 14.0. The molecule has 0 fully saturated rings. The molecule has 106 valence electrons. The molecule has 1 aliphatic heterocycles. The summed E-state index contributed by atoms with van der Waals surface area (Å²) in [4.78, 5) is 2.20. The largest absolute Gasteiger partial charge is 0.487 e. The molecule has 0 aliphatic carbocycles. The predicted molar refractivity (Wildman–Crippen MR) is 79.8 cm³/mol. The highest BCUT2D eigenvalue weighted by Crippen LogP contribution is 2.39. The Bertz CT molecular complexity index is 440. The molecule has 0 spiro atoms. The third kappa shape index (κ3) is 3.71. The first-order chi connectivity index (χ1) is 8.87. The van der Waals surface area contributed by atoms with E-state index < -0.39 is 0 Å². The minimum atomic E-state index is -0.0992. The summed E-state index contributed by atoms with van der Waals surface area (Å²) in [6.07, 6.45) is 1.01. The Morgan fingerprint density at radius 2 is 2.11 bits per heavy atom. The number of nitrogens with one attached hydrogen (secondary N) is 1. The predicted octanol–water partition coefficient (Wildman–Crippen LogP) is 2.75. The van der Waals surface area contributed by atoms with Crippen LogP contribution in [0, 0.1) is 6.92 Å². The highest BCUT2D eigenvalue weighted by atomic mass is 16.5. The van der Waals surface area contributed by atoms with Crippen LogP contribution in [0.4, 0.5) is 0 Å². The molecule has 0 radical (unpaired) electrons. The van der Waals surface area contributed by atoms with Gasteiger partial charge in [0.25, 0.3) is 0 Å². The Hall–Kier alpha value is -1.06. The first kappa shape index (κ1) is 14.4. The lowest BCUT2D eigenvalue weighted by atomic mass is 9.89. The molecule has 0 saturated heterocycles. The van der Waals surface area contributed by atoms with Crippen molar-refractivity contribution in [2.24, 2.45) is 0 Å². The number of hydrogen-bond acceptors (Lipinski definition) is 3. The number of hydrogen-bond donors (Lipinski definition) is 1. The first-order valence-electron chi connectivity index (χ1n) is 7.05. The lowest BCUT2D eigenvalue weighted by molar-refractivity contribution is 0.0657. The molecule has 1 heterocycles. The van der Waals surface area contributed by atoms with Gasteiger partial charge in [-0.1, -0.05) is 17.7 Å². The van der Waals surface area contributed by atoms with Gasteiger partial charge in [-0.15, -0.1) is 0 Å². The molecule has 0 bridgehead atoms. The van der Waals surface area contributed by atoms with Crippen molar-refractivity contribution in [2.75, 3.05) is 27.2 Å². The smallest absolute Gasteiger partial charge is 0.124 e. The van der Waals surface area contributed by atoms with Crippen LogP contribution in [0.2, 0.25) is 0 Å². The van der Waals surface area contributed by atoms with Crippen molar-refractivity contribution in [1.82, 2.24) is 10.2 Å². The Labute approximate surface area is 116 Å². The summed E-state index contributed by atoms with van der Waals surface area (Å²) in [7, 11) is 4.21. The number of aryl methyl sites for hydroxylation is 1. The molecular weight excluding hydrogens is 236 g/mol. The Morgan fingerprint density at radius 3 is 2.79 bits per heavy atom. The van der Waals surface area contributed by atoms with Crippen molar-refractivity contribution < 1.29 is 4.74 Å². The van der Waals surface area contributed by atoms with E-state index in [9.17, 15) is 0 Å². The van der Waals surface area contributed by atoms with Gasteiger partial charge in [-0.25, -0.2) is 0 Å². The number of ether oxygens (including phenoxy) is 1. The second kappa shape index (κ2) is 5.51. The molecule has 19 heavy (non-hydrogen) atoms. The van der Waals surface area contributed by atoms with E-state index in [1.54, 1.807) is 0 Å². The van der Waals surface area contributed by atoms with Crippen molar-refractivity contribution in [1.29, 1.82) is 0 Å². The second-order valence-electron chi connectivity index (χ2n) is 6.42. The van der Waals surface area contributed by atoms with Crippen molar-refractivity contribution in [3.05, 3.63) is 29.3 Å². The molecule has 1 aromatic rings. The zero-order valence-corrected chi connectivity index (χ0v) is 12.8.